The molecule has 0 saturated carbocycles. The number of carbonyl (C=O) groups is 1. The van der Waals surface area contributed by atoms with Gasteiger partial charge < -0.3 is 14.8 Å². The Morgan fingerprint density at radius 1 is 1.46 bits per heavy atom. The summed E-state index contributed by atoms with van der Waals surface area (Å²) in [6.45, 7) is 8.17. The molecule has 0 fully saturated rings. The van der Waals surface area contributed by atoms with Crippen LogP contribution in [0.15, 0.2) is 48.2 Å². The number of ether oxygens (including phenoxy) is 2. The highest BCUT2D eigenvalue weighted by molar-refractivity contribution is 5.92. The summed E-state index contributed by atoms with van der Waals surface area (Å²) in [5, 5.41) is 14.8. The quantitative estimate of drug-likeness (QED) is 0.602. The Morgan fingerprint density at radius 2 is 2.31 bits per heavy atom. The maximum atomic E-state index is 12.7. The van der Waals surface area contributed by atoms with Crippen molar-refractivity contribution in [3.8, 4) is 5.75 Å². The van der Waals surface area contributed by atoms with Gasteiger partial charge in [0, 0.05) is 5.70 Å². The van der Waals surface area contributed by atoms with E-state index in [2.05, 4.69) is 27.4 Å². The van der Waals surface area contributed by atoms with Gasteiger partial charge in [0.05, 0.1) is 12.2 Å². The number of anilines is 1. The van der Waals surface area contributed by atoms with Crippen molar-refractivity contribution in [2.45, 2.75) is 26.3 Å². The van der Waals surface area contributed by atoms with Crippen molar-refractivity contribution in [1.82, 2.24) is 20.2 Å². The normalized spacial score (nSPS) is 15.8. The lowest BCUT2D eigenvalue weighted by Gasteiger charge is -2.27. The molecule has 1 unspecified atom stereocenters. The zero-order valence-electron chi connectivity index (χ0n) is 14.8. The van der Waals surface area contributed by atoms with Crippen LogP contribution in [0, 0.1) is 0 Å². The van der Waals surface area contributed by atoms with Gasteiger partial charge in [-0.25, -0.2) is 4.79 Å². The molecule has 2 aromatic rings. The Morgan fingerprint density at radius 3 is 3.08 bits per heavy atom. The second kappa shape index (κ2) is 7.81. The van der Waals surface area contributed by atoms with E-state index in [0.29, 0.717) is 23.8 Å². The van der Waals surface area contributed by atoms with Gasteiger partial charge in [0.25, 0.3) is 0 Å². The lowest BCUT2D eigenvalue weighted by atomic mass is 9.95. The molecule has 2 heterocycles. The van der Waals surface area contributed by atoms with Crippen molar-refractivity contribution in [3.05, 3.63) is 53.8 Å². The van der Waals surface area contributed by atoms with Crippen molar-refractivity contribution >= 4 is 11.9 Å². The van der Waals surface area contributed by atoms with Crippen LogP contribution in [0.2, 0.25) is 0 Å². The van der Waals surface area contributed by atoms with Crippen LogP contribution in [0.25, 0.3) is 0 Å². The number of tetrazole rings is 1. The third kappa shape index (κ3) is 3.44. The third-order valence-corrected chi connectivity index (χ3v) is 3.91. The third-order valence-electron chi connectivity index (χ3n) is 3.91. The van der Waals surface area contributed by atoms with Crippen molar-refractivity contribution in [2.75, 3.05) is 18.5 Å². The number of fused-ring (bicyclic) bond motifs is 1. The minimum absolute atomic E-state index is 0.129. The van der Waals surface area contributed by atoms with Gasteiger partial charge in [-0.2, -0.15) is 4.68 Å². The average Bonchev–Trinajstić information content (AvgIpc) is 3.11. The van der Waals surface area contributed by atoms with Crippen LogP contribution in [0.5, 0.6) is 5.75 Å². The van der Waals surface area contributed by atoms with Crippen molar-refractivity contribution < 1.29 is 14.3 Å². The number of rotatable bonds is 7. The standard InChI is InChI=1S/C18H21N5O3/c1-4-9-25-14-8-6-7-13(11-14)16-15(17(24)26-10-5-2)12(3)19-18-20-21-22-23(16)18/h5-8,11,16H,2,4,9-10H2,1,3H3,(H,19,20,22). The molecule has 1 aromatic heterocycles. The molecule has 1 aliphatic rings. The summed E-state index contributed by atoms with van der Waals surface area (Å²) in [6.07, 6.45) is 2.44. The van der Waals surface area contributed by atoms with E-state index in [-0.39, 0.29) is 6.61 Å². The van der Waals surface area contributed by atoms with E-state index in [9.17, 15) is 4.79 Å². The maximum absolute atomic E-state index is 12.7. The highest BCUT2D eigenvalue weighted by Crippen LogP contribution is 2.35. The minimum Gasteiger partial charge on any atom is -0.494 e. The molecule has 8 nitrogen and oxygen atoms in total. The molecule has 1 atom stereocenters. The highest BCUT2D eigenvalue weighted by Gasteiger charge is 2.35. The van der Waals surface area contributed by atoms with E-state index in [1.54, 1.807) is 11.6 Å². The molecule has 3 rings (SSSR count). The van der Waals surface area contributed by atoms with Crippen molar-refractivity contribution in [3.63, 3.8) is 0 Å². The van der Waals surface area contributed by atoms with Crippen LogP contribution < -0.4 is 10.1 Å². The number of aromatic nitrogens is 4. The van der Waals surface area contributed by atoms with Gasteiger partial charge in [-0.05, 0) is 41.5 Å². The van der Waals surface area contributed by atoms with Gasteiger partial charge in [0.2, 0.25) is 5.95 Å². The van der Waals surface area contributed by atoms with E-state index in [4.69, 9.17) is 9.47 Å². The molecule has 1 aliphatic heterocycles. The molecule has 0 spiro atoms. The molecule has 0 aliphatic carbocycles. The Labute approximate surface area is 151 Å². The highest BCUT2D eigenvalue weighted by atomic mass is 16.5. The summed E-state index contributed by atoms with van der Waals surface area (Å²) in [6, 6.07) is 7.06. The summed E-state index contributed by atoms with van der Waals surface area (Å²) in [7, 11) is 0. The molecule has 136 valence electrons. The molecule has 0 amide bonds. The minimum atomic E-state index is -0.510. The average molecular weight is 355 g/mol. The van der Waals surface area contributed by atoms with E-state index in [1.807, 2.05) is 31.2 Å². The number of esters is 1. The molecular weight excluding hydrogens is 334 g/mol. The summed E-state index contributed by atoms with van der Waals surface area (Å²) < 4.78 is 12.6. The van der Waals surface area contributed by atoms with Crippen LogP contribution in [0.4, 0.5) is 5.95 Å². The Bertz CT molecular complexity index is 843. The van der Waals surface area contributed by atoms with E-state index >= 15 is 0 Å². The number of nitrogens with zero attached hydrogens (tertiary/aromatic N) is 4. The van der Waals surface area contributed by atoms with Crippen LogP contribution in [-0.4, -0.2) is 39.4 Å². The van der Waals surface area contributed by atoms with Crippen LogP contribution in [0.1, 0.15) is 31.9 Å². The fourth-order valence-corrected chi connectivity index (χ4v) is 2.79. The van der Waals surface area contributed by atoms with Gasteiger partial charge in [-0.15, -0.1) is 0 Å². The largest absolute Gasteiger partial charge is 0.494 e. The number of nitrogens with one attached hydrogen (secondary N) is 1. The predicted octanol–water partition coefficient (Wildman–Crippen LogP) is 2.48. The Hall–Kier alpha value is -3.16. The smallest absolute Gasteiger partial charge is 0.338 e. The SMILES string of the molecule is C=CCOC(=O)C1=C(C)Nc2nnnn2C1c1cccc(OCCC)c1. The Kier molecular flexibility index (Phi) is 5.31. The molecule has 1 N–H and O–H groups in total. The Balaban J connectivity index is 2.03. The summed E-state index contributed by atoms with van der Waals surface area (Å²) >= 11 is 0. The number of allylic oxidation sites excluding steroid dienone is 1. The van der Waals surface area contributed by atoms with E-state index in [0.717, 1.165) is 17.7 Å². The van der Waals surface area contributed by atoms with Crippen LogP contribution in [0.3, 0.4) is 0 Å². The summed E-state index contributed by atoms with van der Waals surface area (Å²) in [4.78, 5) is 12.7. The van der Waals surface area contributed by atoms with E-state index in [1.165, 1.54) is 6.08 Å². The second-order valence-electron chi connectivity index (χ2n) is 5.82. The molecular formula is C18H21N5O3. The molecule has 26 heavy (non-hydrogen) atoms. The topological polar surface area (TPSA) is 91.2 Å². The monoisotopic (exact) mass is 355 g/mol. The predicted molar refractivity (Wildman–Crippen MR) is 95.7 cm³/mol. The van der Waals surface area contributed by atoms with Crippen molar-refractivity contribution in [1.29, 1.82) is 0 Å². The second-order valence-corrected chi connectivity index (χ2v) is 5.82. The van der Waals surface area contributed by atoms with Gasteiger partial charge in [-0.1, -0.05) is 36.8 Å². The van der Waals surface area contributed by atoms with E-state index < -0.39 is 12.0 Å². The van der Waals surface area contributed by atoms with Crippen LogP contribution in [-0.2, 0) is 9.53 Å². The summed E-state index contributed by atoms with van der Waals surface area (Å²) in [5.41, 5.74) is 1.92. The first-order valence-electron chi connectivity index (χ1n) is 8.42. The van der Waals surface area contributed by atoms with Gasteiger partial charge in [-0.3, -0.25) is 0 Å². The fourth-order valence-electron chi connectivity index (χ4n) is 2.79. The number of hydrogen-bond donors (Lipinski definition) is 1. The van der Waals surface area contributed by atoms with Gasteiger partial charge in [0.1, 0.15) is 18.4 Å². The number of benzene rings is 1. The molecule has 0 bridgehead atoms. The molecule has 8 heteroatoms. The first kappa shape index (κ1) is 17.7. The van der Waals surface area contributed by atoms with Gasteiger partial charge in [0.15, 0.2) is 0 Å². The number of carbonyl (C=O) groups excluding carboxylic acids is 1. The first-order chi connectivity index (χ1) is 12.7. The molecule has 0 saturated heterocycles. The molecule has 0 radical (unpaired) electrons. The lowest BCUT2D eigenvalue weighted by molar-refractivity contribution is -0.138. The molecule has 1 aromatic carbocycles. The number of hydrogen-bond acceptors (Lipinski definition) is 7. The zero-order valence-corrected chi connectivity index (χ0v) is 14.8. The maximum Gasteiger partial charge on any atom is 0.338 e. The van der Waals surface area contributed by atoms with Crippen LogP contribution >= 0.6 is 0 Å². The fraction of sp³-hybridized carbons (Fsp3) is 0.333. The van der Waals surface area contributed by atoms with Crippen molar-refractivity contribution in [2.24, 2.45) is 0 Å². The lowest BCUT2D eigenvalue weighted by Crippen LogP contribution is -2.29. The zero-order chi connectivity index (χ0) is 18.5. The summed E-state index contributed by atoms with van der Waals surface area (Å²) in [5.74, 6) is 0.752. The first-order valence-corrected chi connectivity index (χ1v) is 8.42. The van der Waals surface area contributed by atoms with Gasteiger partial charge >= 0.3 is 5.97 Å².